The van der Waals surface area contributed by atoms with Crippen LogP contribution in [-0.2, 0) is 11.2 Å². The van der Waals surface area contributed by atoms with Gasteiger partial charge in [0.15, 0.2) is 0 Å². The Bertz CT molecular complexity index is 798. The van der Waals surface area contributed by atoms with Crippen molar-refractivity contribution in [3.8, 4) is 5.75 Å². The molecule has 4 nitrogen and oxygen atoms in total. The number of benzene rings is 2. The Labute approximate surface area is 145 Å². The Hall–Kier alpha value is -2.79. The van der Waals surface area contributed by atoms with E-state index in [4.69, 9.17) is 4.74 Å². The molecule has 2 N–H and O–H groups in total. The van der Waals surface area contributed by atoms with Crippen LogP contribution in [0.2, 0.25) is 0 Å². The van der Waals surface area contributed by atoms with Crippen molar-refractivity contribution < 1.29 is 9.53 Å². The summed E-state index contributed by atoms with van der Waals surface area (Å²) in [6, 6.07) is 19.3. The molecular weight excluding hydrogens is 320 g/mol. The molecule has 0 unspecified atom stereocenters. The van der Waals surface area contributed by atoms with Crippen LogP contribution in [0.15, 0.2) is 66.0 Å². The third-order valence-corrected chi connectivity index (χ3v) is 4.32. The number of amides is 1. The van der Waals surface area contributed by atoms with Crippen molar-refractivity contribution in [2.75, 3.05) is 17.7 Å². The van der Waals surface area contributed by atoms with Crippen LogP contribution in [0.3, 0.4) is 0 Å². The van der Waals surface area contributed by atoms with E-state index in [1.807, 2.05) is 66.0 Å². The fourth-order valence-corrected chi connectivity index (χ4v) is 2.98. The van der Waals surface area contributed by atoms with Gasteiger partial charge in [0.1, 0.15) is 5.75 Å². The summed E-state index contributed by atoms with van der Waals surface area (Å²) in [5.74, 6) is 0.795. The molecule has 0 saturated carbocycles. The van der Waals surface area contributed by atoms with Crippen molar-refractivity contribution in [2.24, 2.45) is 0 Å². The van der Waals surface area contributed by atoms with Crippen molar-refractivity contribution >= 4 is 34.3 Å². The lowest BCUT2D eigenvalue weighted by molar-refractivity contribution is -0.115. The first-order valence-electron chi connectivity index (χ1n) is 7.56. The van der Waals surface area contributed by atoms with Crippen LogP contribution in [0.1, 0.15) is 4.88 Å². The standard InChI is InChI=1S/C19H18N2O2S/c1-23-17-5-2-4-16(12-17)20-14-7-9-15(10-8-14)21-19(22)13-18-6-3-11-24-18/h2-12,20H,13H2,1H3,(H,21,22). The third-order valence-electron chi connectivity index (χ3n) is 3.44. The molecule has 3 rings (SSSR count). The van der Waals surface area contributed by atoms with E-state index in [0.717, 1.165) is 27.7 Å². The van der Waals surface area contributed by atoms with Crippen LogP contribution in [0.5, 0.6) is 5.75 Å². The summed E-state index contributed by atoms with van der Waals surface area (Å²) < 4.78 is 5.21. The SMILES string of the molecule is COc1cccc(Nc2ccc(NC(=O)Cc3cccs3)cc2)c1. The average Bonchev–Trinajstić information content (AvgIpc) is 3.09. The lowest BCUT2D eigenvalue weighted by Gasteiger charge is -2.09. The van der Waals surface area contributed by atoms with E-state index < -0.39 is 0 Å². The molecule has 0 fully saturated rings. The zero-order chi connectivity index (χ0) is 16.8. The Balaban J connectivity index is 1.59. The fraction of sp³-hybridized carbons (Fsp3) is 0.105. The summed E-state index contributed by atoms with van der Waals surface area (Å²) >= 11 is 1.59. The Morgan fingerprint density at radius 3 is 2.50 bits per heavy atom. The van der Waals surface area contributed by atoms with Gasteiger partial charge in [-0.05, 0) is 47.8 Å². The van der Waals surface area contributed by atoms with Crippen molar-refractivity contribution in [3.63, 3.8) is 0 Å². The Kier molecular flexibility index (Phi) is 5.13. The highest BCUT2D eigenvalue weighted by Crippen LogP contribution is 2.22. The van der Waals surface area contributed by atoms with Crippen molar-refractivity contribution in [1.82, 2.24) is 0 Å². The van der Waals surface area contributed by atoms with Gasteiger partial charge in [-0.1, -0.05) is 12.1 Å². The van der Waals surface area contributed by atoms with Gasteiger partial charge in [-0.2, -0.15) is 0 Å². The maximum absolute atomic E-state index is 12.0. The molecule has 24 heavy (non-hydrogen) atoms. The quantitative estimate of drug-likeness (QED) is 0.686. The summed E-state index contributed by atoms with van der Waals surface area (Å²) in [6.45, 7) is 0. The average molecular weight is 338 g/mol. The number of carbonyl (C=O) groups is 1. The number of rotatable bonds is 6. The number of hydrogen-bond donors (Lipinski definition) is 2. The summed E-state index contributed by atoms with van der Waals surface area (Å²) in [5, 5.41) is 8.19. The highest BCUT2D eigenvalue weighted by atomic mass is 32.1. The van der Waals surface area contributed by atoms with Crippen LogP contribution >= 0.6 is 11.3 Å². The second kappa shape index (κ2) is 7.66. The van der Waals surface area contributed by atoms with E-state index in [0.29, 0.717) is 6.42 Å². The van der Waals surface area contributed by atoms with Crippen LogP contribution in [0.25, 0.3) is 0 Å². The highest BCUT2D eigenvalue weighted by Gasteiger charge is 2.05. The van der Waals surface area contributed by atoms with Crippen molar-refractivity contribution in [1.29, 1.82) is 0 Å². The summed E-state index contributed by atoms with van der Waals surface area (Å²) in [5.41, 5.74) is 2.68. The summed E-state index contributed by atoms with van der Waals surface area (Å²) in [4.78, 5) is 13.1. The molecule has 0 radical (unpaired) electrons. The van der Waals surface area contributed by atoms with Gasteiger partial charge < -0.3 is 15.4 Å². The molecule has 5 heteroatoms. The number of methoxy groups -OCH3 is 1. The smallest absolute Gasteiger partial charge is 0.229 e. The molecule has 122 valence electrons. The zero-order valence-electron chi connectivity index (χ0n) is 13.3. The van der Waals surface area contributed by atoms with Crippen molar-refractivity contribution in [2.45, 2.75) is 6.42 Å². The van der Waals surface area contributed by atoms with Gasteiger partial charge in [0.25, 0.3) is 0 Å². The minimum atomic E-state index is -0.00838. The fourth-order valence-electron chi connectivity index (χ4n) is 2.28. The van der Waals surface area contributed by atoms with E-state index in [1.54, 1.807) is 18.4 Å². The number of ether oxygens (including phenoxy) is 1. The van der Waals surface area contributed by atoms with Gasteiger partial charge in [-0.3, -0.25) is 4.79 Å². The molecule has 0 saturated heterocycles. The first-order chi connectivity index (χ1) is 11.7. The number of carbonyl (C=O) groups excluding carboxylic acids is 1. The largest absolute Gasteiger partial charge is 0.497 e. The first kappa shape index (κ1) is 16.1. The molecule has 0 aliphatic heterocycles. The number of hydrogen-bond acceptors (Lipinski definition) is 4. The van der Waals surface area contributed by atoms with E-state index in [1.165, 1.54) is 0 Å². The van der Waals surface area contributed by atoms with E-state index in [2.05, 4.69) is 10.6 Å². The lowest BCUT2D eigenvalue weighted by atomic mass is 10.2. The Morgan fingerprint density at radius 1 is 1.00 bits per heavy atom. The highest BCUT2D eigenvalue weighted by molar-refractivity contribution is 7.10. The molecule has 0 aliphatic carbocycles. The van der Waals surface area contributed by atoms with Gasteiger partial charge in [0.2, 0.25) is 5.91 Å². The molecular formula is C19H18N2O2S. The summed E-state index contributed by atoms with van der Waals surface area (Å²) in [6.07, 6.45) is 0.404. The molecule has 0 aliphatic rings. The van der Waals surface area contributed by atoms with Crippen LogP contribution in [0.4, 0.5) is 17.1 Å². The molecule has 1 amide bonds. The first-order valence-corrected chi connectivity index (χ1v) is 8.44. The van der Waals surface area contributed by atoms with E-state index in [9.17, 15) is 4.79 Å². The molecule has 3 aromatic rings. The monoisotopic (exact) mass is 338 g/mol. The third kappa shape index (κ3) is 4.36. The number of nitrogens with one attached hydrogen (secondary N) is 2. The van der Waals surface area contributed by atoms with Gasteiger partial charge in [-0.15, -0.1) is 11.3 Å². The van der Waals surface area contributed by atoms with E-state index in [-0.39, 0.29) is 5.91 Å². The van der Waals surface area contributed by atoms with Gasteiger partial charge in [-0.25, -0.2) is 0 Å². The molecule has 0 spiro atoms. The van der Waals surface area contributed by atoms with Crippen LogP contribution < -0.4 is 15.4 Å². The Morgan fingerprint density at radius 2 is 1.79 bits per heavy atom. The van der Waals surface area contributed by atoms with Gasteiger partial charge in [0, 0.05) is 28.0 Å². The summed E-state index contributed by atoms with van der Waals surface area (Å²) in [7, 11) is 1.65. The normalized spacial score (nSPS) is 10.2. The maximum atomic E-state index is 12.0. The molecule has 0 bridgehead atoms. The minimum absolute atomic E-state index is 0.00838. The number of anilines is 3. The van der Waals surface area contributed by atoms with Gasteiger partial charge in [0.05, 0.1) is 13.5 Å². The molecule has 0 atom stereocenters. The van der Waals surface area contributed by atoms with Crippen LogP contribution in [0, 0.1) is 0 Å². The molecule has 1 aromatic heterocycles. The molecule has 2 aromatic carbocycles. The minimum Gasteiger partial charge on any atom is -0.497 e. The second-order valence-corrected chi connectivity index (χ2v) is 6.27. The maximum Gasteiger partial charge on any atom is 0.229 e. The second-order valence-electron chi connectivity index (χ2n) is 5.24. The molecule has 1 heterocycles. The lowest BCUT2D eigenvalue weighted by Crippen LogP contribution is -2.13. The topological polar surface area (TPSA) is 50.4 Å². The zero-order valence-corrected chi connectivity index (χ0v) is 14.1. The van der Waals surface area contributed by atoms with Gasteiger partial charge >= 0.3 is 0 Å². The van der Waals surface area contributed by atoms with Crippen molar-refractivity contribution in [3.05, 3.63) is 70.9 Å². The number of thiophene rings is 1. The van der Waals surface area contributed by atoms with Crippen LogP contribution in [-0.4, -0.2) is 13.0 Å². The van der Waals surface area contributed by atoms with E-state index >= 15 is 0 Å². The predicted octanol–water partition coefficient (Wildman–Crippen LogP) is 4.68. The predicted molar refractivity (Wildman–Crippen MR) is 99.4 cm³/mol.